The summed E-state index contributed by atoms with van der Waals surface area (Å²) in [6, 6.07) is 21.7. The fourth-order valence-electron chi connectivity index (χ4n) is 2.85. The van der Waals surface area contributed by atoms with Crippen molar-refractivity contribution >= 4 is 27.5 Å². The Kier molecular flexibility index (Phi) is 8.39. The lowest BCUT2D eigenvalue weighted by atomic mass is 10.1. The van der Waals surface area contributed by atoms with E-state index in [1.54, 1.807) is 62.4 Å². The molecular formula is C25H27N3O5S. The Labute approximate surface area is 199 Å². The summed E-state index contributed by atoms with van der Waals surface area (Å²) in [5.74, 6) is 0.577. The molecule has 0 saturated heterocycles. The fraction of sp³-hybridized carbons (Fsp3) is 0.200. The van der Waals surface area contributed by atoms with E-state index < -0.39 is 10.0 Å². The molecule has 0 heterocycles. The molecule has 8 nitrogen and oxygen atoms in total. The van der Waals surface area contributed by atoms with Crippen LogP contribution < -0.4 is 20.1 Å². The van der Waals surface area contributed by atoms with E-state index in [0.29, 0.717) is 22.7 Å². The van der Waals surface area contributed by atoms with Crippen LogP contribution in [0.2, 0.25) is 0 Å². The first kappa shape index (κ1) is 24.9. The van der Waals surface area contributed by atoms with Crippen LogP contribution in [0, 0.1) is 5.92 Å². The molecule has 0 aromatic heterocycles. The third-order valence-electron chi connectivity index (χ3n) is 4.75. The minimum atomic E-state index is -3.73. The van der Waals surface area contributed by atoms with Crippen LogP contribution in [0.15, 0.2) is 83.8 Å². The van der Waals surface area contributed by atoms with Crippen LogP contribution in [-0.4, -0.2) is 33.3 Å². The second-order valence-corrected chi connectivity index (χ2v) is 9.53. The van der Waals surface area contributed by atoms with Crippen molar-refractivity contribution in [2.24, 2.45) is 5.92 Å². The monoisotopic (exact) mass is 481 g/mol. The van der Waals surface area contributed by atoms with Crippen molar-refractivity contribution in [2.75, 3.05) is 18.4 Å². The minimum Gasteiger partial charge on any atom is -0.457 e. The summed E-state index contributed by atoms with van der Waals surface area (Å²) in [5, 5.41) is 5.42. The third kappa shape index (κ3) is 7.16. The summed E-state index contributed by atoms with van der Waals surface area (Å²) in [4.78, 5) is 24.1. The first-order valence-electron chi connectivity index (χ1n) is 10.8. The van der Waals surface area contributed by atoms with Crippen molar-refractivity contribution in [1.82, 2.24) is 10.0 Å². The molecule has 2 amide bonds. The van der Waals surface area contributed by atoms with Crippen LogP contribution in [0.1, 0.15) is 24.2 Å². The predicted octanol–water partition coefficient (Wildman–Crippen LogP) is 3.78. The van der Waals surface area contributed by atoms with Gasteiger partial charge < -0.3 is 15.4 Å². The maximum Gasteiger partial charge on any atom is 0.251 e. The summed E-state index contributed by atoms with van der Waals surface area (Å²) < 4.78 is 33.1. The first-order chi connectivity index (χ1) is 16.2. The topological polar surface area (TPSA) is 114 Å². The van der Waals surface area contributed by atoms with Gasteiger partial charge in [-0.05, 0) is 60.7 Å². The number of ether oxygens (including phenoxy) is 1. The van der Waals surface area contributed by atoms with E-state index in [4.69, 9.17) is 4.74 Å². The lowest BCUT2D eigenvalue weighted by Crippen LogP contribution is -2.34. The standard InChI is InChI=1S/C25H27N3O5S/c1-18(2)24(29)28-20-10-8-19(9-11-20)25(30)26-16-17-27-34(31,32)23-14-12-22(13-15-23)33-21-6-4-3-5-7-21/h3-15,18,27H,16-17H2,1-2H3,(H,26,30)(H,28,29). The molecule has 0 aliphatic carbocycles. The van der Waals surface area contributed by atoms with E-state index in [2.05, 4.69) is 15.4 Å². The summed E-state index contributed by atoms with van der Waals surface area (Å²) in [6.07, 6.45) is 0. The van der Waals surface area contributed by atoms with Gasteiger partial charge in [-0.15, -0.1) is 0 Å². The maximum absolute atomic E-state index is 12.5. The van der Waals surface area contributed by atoms with Crippen molar-refractivity contribution in [3.8, 4) is 11.5 Å². The third-order valence-corrected chi connectivity index (χ3v) is 6.23. The lowest BCUT2D eigenvalue weighted by Gasteiger charge is -2.10. The van der Waals surface area contributed by atoms with Gasteiger partial charge in [-0.25, -0.2) is 13.1 Å². The van der Waals surface area contributed by atoms with Crippen LogP contribution in [0.3, 0.4) is 0 Å². The van der Waals surface area contributed by atoms with Gasteiger partial charge >= 0.3 is 0 Å². The Balaban J connectivity index is 1.46. The second kappa shape index (κ2) is 11.4. The minimum absolute atomic E-state index is 0.0267. The number of para-hydroxylation sites is 1. The normalized spacial score (nSPS) is 11.1. The number of hydrogen-bond donors (Lipinski definition) is 3. The lowest BCUT2D eigenvalue weighted by molar-refractivity contribution is -0.118. The van der Waals surface area contributed by atoms with E-state index in [9.17, 15) is 18.0 Å². The van der Waals surface area contributed by atoms with E-state index in [1.807, 2.05) is 18.2 Å². The average Bonchev–Trinajstić information content (AvgIpc) is 2.83. The van der Waals surface area contributed by atoms with Gasteiger partial charge in [0.05, 0.1) is 4.90 Å². The molecule has 0 bridgehead atoms. The number of nitrogens with one attached hydrogen (secondary N) is 3. The molecule has 3 rings (SSSR count). The number of carbonyl (C=O) groups excluding carboxylic acids is 2. The Morgan fingerprint density at radius 2 is 1.44 bits per heavy atom. The molecule has 9 heteroatoms. The SMILES string of the molecule is CC(C)C(=O)Nc1ccc(C(=O)NCCNS(=O)(=O)c2ccc(Oc3ccccc3)cc2)cc1. The van der Waals surface area contributed by atoms with Gasteiger partial charge in [0.25, 0.3) is 5.91 Å². The van der Waals surface area contributed by atoms with Crippen molar-refractivity contribution < 1.29 is 22.7 Å². The van der Waals surface area contributed by atoms with E-state index in [-0.39, 0.29) is 35.7 Å². The molecule has 34 heavy (non-hydrogen) atoms. The number of sulfonamides is 1. The second-order valence-electron chi connectivity index (χ2n) is 7.76. The Hall–Kier alpha value is -3.69. The summed E-state index contributed by atoms with van der Waals surface area (Å²) >= 11 is 0. The molecule has 0 saturated carbocycles. The summed E-state index contributed by atoms with van der Waals surface area (Å²) in [6.45, 7) is 3.72. The zero-order valence-corrected chi connectivity index (χ0v) is 19.8. The van der Waals surface area contributed by atoms with E-state index >= 15 is 0 Å². The number of benzene rings is 3. The molecule has 3 aromatic rings. The number of anilines is 1. The molecule has 0 atom stereocenters. The average molecular weight is 482 g/mol. The number of hydrogen-bond acceptors (Lipinski definition) is 5. The highest BCUT2D eigenvalue weighted by Crippen LogP contribution is 2.22. The van der Waals surface area contributed by atoms with Crippen molar-refractivity contribution in [3.05, 3.63) is 84.4 Å². The van der Waals surface area contributed by atoms with E-state index in [1.165, 1.54) is 12.1 Å². The highest BCUT2D eigenvalue weighted by molar-refractivity contribution is 7.89. The van der Waals surface area contributed by atoms with Crippen LogP contribution >= 0.6 is 0 Å². The molecule has 0 fully saturated rings. The van der Waals surface area contributed by atoms with Gasteiger partial charge in [0.1, 0.15) is 11.5 Å². The van der Waals surface area contributed by atoms with Crippen molar-refractivity contribution in [3.63, 3.8) is 0 Å². The van der Waals surface area contributed by atoms with Crippen LogP contribution in [0.4, 0.5) is 5.69 Å². The van der Waals surface area contributed by atoms with Gasteiger partial charge in [-0.2, -0.15) is 0 Å². The number of carbonyl (C=O) groups is 2. The first-order valence-corrected chi connectivity index (χ1v) is 12.2. The predicted molar refractivity (Wildman–Crippen MR) is 130 cm³/mol. The Bertz CT molecular complexity index is 1210. The molecule has 3 N–H and O–H groups in total. The van der Waals surface area contributed by atoms with Gasteiger partial charge in [0.2, 0.25) is 15.9 Å². The smallest absolute Gasteiger partial charge is 0.251 e. The highest BCUT2D eigenvalue weighted by atomic mass is 32.2. The van der Waals surface area contributed by atoms with Crippen LogP contribution in [0.25, 0.3) is 0 Å². The molecule has 3 aromatic carbocycles. The van der Waals surface area contributed by atoms with Crippen LogP contribution in [0.5, 0.6) is 11.5 Å². The molecular weight excluding hydrogens is 454 g/mol. The van der Waals surface area contributed by atoms with Gasteiger partial charge in [-0.1, -0.05) is 32.0 Å². The van der Waals surface area contributed by atoms with Gasteiger partial charge in [0, 0.05) is 30.3 Å². The number of amides is 2. The molecule has 0 radical (unpaired) electrons. The van der Waals surface area contributed by atoms with Gasteiger partial charge in [-0.3, -0.25) is 9.59 Å². The summed E-state index contributed by atoms with van der Waals surface area (Å²) in [7, 11) is -3.73. The van der Waals surface area contributed by atoms with E-state index in [0.717, 1.165) is 0 Å². The quantitative estimate of drug-likeness (QED) is 0.382. The molecule has 0 aliphatic heterocycles. The molecule has 178 valence electrons. The fourth-order valence-corrected chi connectivity index (χ4v) is 3.88. The zero-order chi connectivity index (χ0) is 24.6. The Morgan fingerprint density at radius 1 is 0.824 bits per heavy atom. The van der Waals surface area contributed by atoms with Crippen molar-refractivity contribution in [2.45, 2.75) is 18.7 Å². The molecule has 0 spiro atoms. The largest absolute Gasteiger partial charge is 0.457 e. The summed E-state index contributed by atoms with van der Waals surface area (Å²) in [5.41, 5.74) is 1.00. The highest BCUT2D eigenvalue weighted by Gasteiger charge is 2.14. The van der Waals surface area contributed by atoms with Crippen LogP contribution in [-0.2, 0) is 14.8 Å². The number of rotatable bonds is 10. The molecule has 0 unspecified atom stereocenters. The molecule has 0 aliphatic rings. The Morgan fingerprint density at radius 3 is 2.06 bits per heavy atom. The zero-order valence-electron chi connectivity index (χ0n) is 18.9. The van der Waals surface area contributed by atoms with Crippen molar-refractivity contribution in [1.29, 1.82) is 0 Å². The maximum atomic E-state index is 12.5. The van der Waals surface area contributed by atoms with Gasteiger partial charge in [0.15, 0.2) is 0 Å².